The zero-order valence-corrected chi connectivity index (χ0v) is 13.1. The second-order valence-electron chi connectivity index (χ2n) is 4.84. The minimum atomic E-state index is -0.825. The molecule has 104 valence electrons. The van der Waals surface area contributed by atoms with Crippen molar-refractivity contribution in [3.63, 3.8) is 0 Å². The molecule has 0 atom stereocenters. The van der Waals surface area contributed by atoms with Gasteiger partial charge in [0.05, 0.1) is 21.5 Å². The first-order valence-corrected chi connectivity index (χ1v) is 9.45. The summed E-state index contributed by atoms with van der Waals surface area (Å²) in [5.74, 6) is 0.904. The molecule has 0 saturated heterocycles. The van der Waals surface area contributed by atoms with Gasteiger partial charge in [-0.05, 0) is 36.4 Å². The molecule has 2 aromatic carbocycles. The van der Waals surface area contributed by atoms with E-state index in [1.54, 1.807) is 31.4 Å². The highest BCUT2D eigenvalue weighted by molar-refractivity contribution is 6.70. The Labute approximate surface area is 120 Å². The number of hydrogen-bond acceptors (Lipinski definition) is 3. The van der Waals surface area contributed by atoms with E-state index in [1.807, 2.05) is 24.3 Å². The van der Waals surface area contributed by atoms with Crippen LogP contribution in [0.3, 0.4) is 0 Å². The summed E-state index contributed by atoms with van der Waals surface area (Å²) in [6, 6.07) is 14.6. The van der Waals surface area contributed by atoms with E-state index in [0.717, 1.165) is 5.75 Å². The molecular weight excluding hydrogens is 268 g/mol. The first kappa shape index (κ1) is 14.3. The highest BCUT2D eigenvalue weighted by Crippen LogP contribution is 2.18. The van der Waals surface area contributed by atoms with Gasteiger partial charge in [-0.2, -0.15) is 0 Å². The molecule has 2 aromatic rings. The number of benzene rings is 2. The number of hydrogen-bond donors (Lipinski definition) is 0. The van der Waals surface area contributed by atoms with E-state index in [4.69, 9.17) is 9.47 Å². The molecule has 0 aliphatic carbocycles. The van der Waals surface area contributed by atoms with Gasteiger partial charge in [-0.1, -0.05) is 30.4 Å². The maximum atomic E-state index is 12.0. The Morgan fingerprint density at radius 1 is 0.900 bits per heavy atom. The highest BCUT2D eigenvalue weighted by atomic mass is 28.3. The topological polar surface area (TPSA) is 35.5 Å². The second kappa shape index (κ2) is 6.39. The number of esters is 1. The summed E-state index contributed by atoms with van der Waals surface area (Å²) in [6.07, 6.45) is 0. The average molecular weight is 286 g/mol. The first-order valence-electron chi connectivity index (χ1n) is 6.56. The third-order valence-corrected chi connectivity index (χ3v) is 4.80. The maximum Gasteiger partial charge on any atom is 0.343 e. The molecule has 0 fully saturated rings. The molecule has 20 heavy (non-hydrogen) atoms. The summed E-state index contributed by atoms with van der Waals surface area (Å²) >= 11 is 0. The van der Waals surface area contributed by atoms with Gasteiger partial charge in [-0.25, -0.2) is 4.79 Å². The Balaban J connectivity index is 2.07. The molecule has 4 heteroatoms. The molecule has 0 N–H and O–H groups in total. The van der Waals surface area contributed by atoms with Crippen LogP contribution in [0.15, 0.2) is 48.5 Å². The van der Waals surface area contributed by atoms with Crippen LogP contribution >= 0.6 is 0 Å². The lowest BCUT2D eigenvalue weighted by Gasteiger charge is -2.07. The second-order valence-corrected chi connectivity index (χ2v) is 7.82. The summed E-state index contributed by atoms with van der Waals surface area (Å²) < 4.78 is 10.4. The molecule has 0 aliphatic rings. The number of carbonyl (C=O) groups is 1. The quantitative estimate of drug-likeness (QED) is 0.492. The molecule has 0 saturated carbocycles. The van der Waals surface area contributed by atoms with Gasteiger partial charge in [0.2, 0.25) is 0 Å². The van der Waals surface area contributed by atoms with Gasteiger partial charge in [0, 0.05) is 0 Å². The average Bonchev–Trinajstić information content (AvgIpc) is 2.48. The third-order valence-electron chi connectivity index (χ3n) is 3.08. The van der Waals surface area contributed by atoms with Crippen molar-refractivity contribution in [3.05, 3.63) is 54.1 Å². The van der Waals surface area contributed by atoms with Crippen LogP contribution in [0.4, 0.5) is 0 Å². The van der Waals surface area contributed by atoms with Crippen molar-refractivity contribution in [2.75, 3.05) is 7.11 Å². The Morgan fingerprint density at radius 2 is 1.45 bits per heavy atom. The molecule has 0 amide bonds. The van der Waals surface area contributed by atoms with Crippen molar-refractivity contribution in [2.24, 2.45) is 0 Å². The lowest BCUT2D eigenvalue weighted by atomic mass is 10.2. The lowest BCUT2D eigenvalue weighted by Crippen LogP contribution is -2.22. The smallest absolute Gasteiger partial charge is 0.343 e. The van der Waals surface area contributed by atoms with Crippen LogP contribution in [0.25, 0.3) is 0 Å². The Morgan fingerprint density at radius 3 is 1.95 bits per heavy atom. The summed E-state index contributed by atoms with van der Waals surface area (Å²) in [4.78, 5) is 12.0. The van der Waals surface area contributed by atoms with Crippen LogP contribution in [0.1, 0.15) is 10.4 Å². The molecule has 0 heterocycles. The zero-order chi connectivity index (χ0) is 14.5. The molecule has 0 aromatic heterocycles. The minimum Gasteiger partial charge on any atom is -0.497 e. The van der Waals surface area contributed by atoms with Crippen molar-refractivity contribution in [1.29, 1.82) is 0 Å². The van der Waals surface area contributed by atoms with Gasteiger partial charge in [-0.3, -0.25) is 0 Å². The van der Waals surface area contributed by atoms with Gasteiger partial charge in [0.25, 0.3) is 0 Å². The van der Waals surface area contributed by atoms with Crippen LogP contribution in [0, 0.1) is 0 Å². The Hall–Kier alpha value is -2.07. The van der Waals surface area contributed by atoms with E-state index in [0.29, 0.717) is 11.3 Å². The van der Waals surface area contributed by atoms with Gasteiger partial charge in [-0.15, -0.1) is 0 Å². The van der Waals surface area contributed by atoms with Crippen LogP contribution in [0.2, 0.25) is 13.1 Å². The van der Waals surface area contributed by atoms with Gasteiger partial charge in [0.15, 0.2) is 0 Å². The lowest BCUT2D eigenvalue weighted by molar-refractivity contribution is 0.0734. The molecule has 0 spiro atoms. The highest BCUT2D eigenvalue weighted by Gasteiger charge is 2.09. The number of ether oxygens (including phenoxy) is 2. The van der Waals surface area contributed by atoms with Crippen molar-refractivity contribution in [1.82, 2.24) is 0 Å². The Bertz CT molecular complexity index is 574. The standard InChI is InChI=1S/C16H18O3Si/c1-18-13-6-8-14(9-7-13)19-16(17)12-4-10-15(11-5-12)20(2)3/h4-11,20H,1-3H3. The van der Waals surface area contributed by atoms with Gasteiger partial charge in [0.1, 0.15) is 11.5 Å². The molecular formula is C16H18O3Si. The van der Waals surface area contributed by atoms with E-state index >= 15 is 0 Å². The predicted octanol–water partition coefficient (Wildman–Crippen LogP) is 2.61. The van der Waals surface area contributed by atoms with Crippen LogP contribution in [-0.2, 0) is 0 Å². The minimum absolute atomic E-state index is 0.341. The van der Waals surface area contributed by atoms with Crippen LogP contribution in [0.5, 0.6) is 11.5 Å². The fourth-order valence-corrected chi connectivity index (χ4v) is 2.78. The Kier molecular flexibility index (Phi) is 4.58. The fraction of sp³-hybridized carbons (Fsp3) is 0.188. The summed E-state index contributed by atoms with van der Waals surface area (Å²) in [5.41, 5.74) is 0.569. The summed E-state index contributed by atoms with van der Waals surface area (Å²) in [5, 5.41) is 1.34. The van der Waals surface area contributed by atoms with Crippen LogP contribution < -0.4 is 14.7 Å². The number of rotatable bonds is 4. The van der Waals surface area contributed by atoms with Crippen molar-refractivity contribution < 1.29 is 14.3 Å². The molecule has 0 aliphatic heterocycles. The van der Waals surface area contributed by atoms with Crippen molar-refractivity contribution in [3.8, 4) is 11.5 Å². The number of carbonyl (C=O) groups excluding carboxylic acids is 1. The van der Waals surface area contributed by atoms with E-state index in [1.165, 1.54) is 5.19 Å². The molecule has 2 rings (SSSR count). The first-order chi connectivity index (χ1) is 9.60. The molecule has 0 radical (unpaired) electrons. The molecule has 3 nitrogen and oxygen atoms in total. The zero-order valence-electron chi connectivity index (χ0n) is 11.9. The maximum absolute atomic E-state index is 12.0. The van der Waals surface area contributed by atoms with Crippen molar-refractivity contribution in [2.45, 2.75) is 13.1 Å². The van der Waals surface area contributed by atoms with Crippen molar-refractivity contribution >= 4 is 20.0 Å². The molecule has 0 bridgehead atoms. The van der Waals surface area contributed by atoms with Gasteiger partial charge >= 0.3 is 5.97 Å². The van der Waals surface area contributed by atoms with E-state index in [-0.39, 0.29) is 5.97 Å². The predicted molar refractivity (Wildman–Crippen MR) is 82.9 cm³/mol. The van der Waals surface area contributed by atoms with Gasteiger partial charge < -0.3 is 9.47 Å². The monoisotopic (exact) mass is 286 g/mol. The largest absolute Gasteiger partial charge is 0.497 e. The summed E-state index contributed by atoms with van der Waals surface area (Å²) in [6.45, 7) is 4.51. The SMILES string of the molecule is COc1ccc(OC(=O)c2ccc([SiH](C)C)cc2)cc1. The van der Waals surface area contributed by atoms with E-state index < -0.39 is 8.80 Å². The third kappa shape index (κ3) is 3.48. The van der Waals surface area contributed by atoms with E-state index in [2.05, 4.69) is 13.1 Å². The van der Waals surface area contributed by atoms with E-state index in [9.17, 15) is 4.79 Å². The summed E-state index contributed by atoms with van der Waals surface area (Å²) in [7, 11) is 0.773. The number of methoxy groups -OCH3 is 1. The fourth-order valence-electron chi connectivity index (χ4n) is 1.81. The normalized spacial score (nSPS) is 10.4. The van der Waals surface area contributed by atoms with Crippen LogP contribution in [-0.4, -0.2) is 21.9 Å². The molecule has 0 unspecified atom stereocenters.